The first-order valence-electron chi connectivity index (χ1n) is 7.95. The summed E-state index contributed by atoms with van der Waals surface area (Å²) in [5.41, 5.74) is 1.80. The highest BCUT2D eigenvalue weighted by molar-refractivity contribution is 7.15. The Morgan fingerprint density at radius 2 is 1.58 bits per heavy atom. The molecule has 2 aromatic carbocycles. The van der Waals surface area contributed by atoms with E-state index in [1.54, 1.807) is 12.1 Å². The minimum absolute atomic E-state index is 0.142. The molecule has 8 heteroatoms. The molecule has 0 radical (unpaired) electrons. The van der Waals surface area contributed by atoms with Gasteiger partial charge in [-0.15, -0.1) is 10.2 Å². The number of urea groups is 1. The SMILES string of the molecule is O=C(CNC(=O)Nc1nnc(Cc2ccccc2)s1)Nc1ccccc1. The lowest BCUT2D eigenvalue weighted by atomic mass is 10.2. The average molecular weight is 367 g/mol. The van der Waals surface area contributed by atoms with Gasteiger partial charge in [0.2, 0.25) is 11.0 Å². The first kappa shape index (κ1) is 17.6. The fourth-order valence-corrected chi connectivity index (χ4v) is 2.94. The van der Waals surface area contributed by atoms with Crippen molar-refractivity contribution in [2.75, 3.05) is 17.2 Å². The first-order valence-corrected chi connectivity index (χ1v) is 8.77. The van der Waals surface area contributed by atoms with Gasteiger partial charge in [0.1, 0.15) is 5.01 Å². The molecule has 0 aliphatic heterocycles. The highest BCUT2D eigenvalue weighted by Crippen LogP contribution is 2.18. The molecule has 1 aromatic heterocycles. The molecule has 0 unspecified atom stereocenters. The Morgan fingerprint density at radius 1 is 0.885 bits per heavy atom. The number of aromatic nitrogens is 2. The minimum atomic E-state index is -0.504. The summed E-state index contributed by atoms with van der Waals surface area (Å²) in [5.74, 6) is -0.312. The summed E-state index contributed by atoms with van der Waals surface area (Å²) < 4.78 is 0. The molecule has 0 spiro atoms. The normalized spacial score (nSPS) is 10.2. The van der Waals surface area contributed by atoms with Crippen molar-refractivity contribution in [3.63, 3.8) is 0 Å². The van der Waals surface area contributed by atoms with Crippen molar-refractivity contribution in [1.29, 1.82) is 0 Å². The highest BCUT2D eigenvalue weighted by Gasteiger charge is 2.10. The molecule has 0 fully saturated rings. The van der Waals surface area contributed by atoms with E-state index in [-0.39, 0.29) is 12.5 Å². The predicted octanol–water partition coefficient (Wildman–Crippen LogP) is 2.89. The number of benzene rings is 2. The molecule has 3 rings (SSSR count). The van der Waals surface area contributed by atoms with Gasteiger partial charge in [-0.05, 0) is 17.7 Å². The summed E-state index contributed by atoms with van der Waals surface area (Å²) in [6.07, 6.45) is 0.654. The van der Waals surface area contributed by atoms with E-state index in [0.29, 0.717) is 17.2 Å². The number of carbonyl (C=O) groups excluding carboxylic acids is 2. The maximum absolute atomic E-state index is 11.9. The van der Waals surface area contributed by atoms with Crippen LogP contribution in [-0.2, 0) is 11.2 Å². The Balaban J connectivity index is 1.44. The molecule has 0 saturated heterocycles. The summed E-state index contributed by atoms with van der Waals surface area (Å²) in [6, 6.07) is 18.4. The molecule has 3 aromatic rings. The summed E-state index contributed by atoms with van der Waals surface area (Å²) in [4.78, 5) is 23.7. The zero-order chi connectivity index (χ0) is 18.2. The largest absolute Gasteiger partial charge is 0.329 e. The van der Waals surface area contributed by atoms with Crippen molar-refractivity contribution in [3.8, 4) is 0 Å². The molecule has 0 bridgehead atoms. The zero-order valence-electron chi connectivity index (χ0n) is 13.8. The van der Waals surface area contributed by atoms with Gasteiger partial charge in [-0.2, -0.15) is 0 Å². The zero-order valence-corrected chi connectivity index (χ0v) is 14.6. The third kappa shape index (κ3) is 5.38. The van der Waals surface area contributed by atoms with Crippen LogP contribution in [0.5, 0.6) is 0 Å². The molecule has 1 heterocycles. The summed E-state index contributed by atoms with van der Waals surface area (Å²) in [7, 11) is 0. The molecule has 132 valence electrons. The number of hydrogen-bond acceptors (Lipinski definition) is 5. The lowest BCUT2D eigenvalue weighted by Crippen LogP contribution is -2.35. The molecular weight excluding hydrogens is 350 g/mol. The number of nitrogens with one attached hydrogen (secondary N) is 3. The van der Waals surface area contributed by atoms with Crippen LogP contribution in [0.1, 0.15) is 10.6 Å². The third-order valence-corrected chi connectivity index (χ3v) is 4.19. The second-order valence-corrected chi connectivity index (χ2v) is 6.45. The van der Waals surface area contributed by atoms with Gasteiger partial charge < -0.3 is 10.6 Å². The number of amides is 3. The van der Waals surface area contributed by atoms with E-state index in [1.165, 1.54) is 11.3 Å². The maximum atomic E-state index is 11.9. The lowest BCUT2D eigenvalue weighted by molar-refractivity contribution is -0.115. The van der Waals surface area contributed by atoms with E-state index in [0.717, 1.165) is 10.6 Å². The Labute approximate surface area is 154 Å². The quantitative estimate of drug-likeness (QED) is 0.624. The van der Waals surface area contributed by atoms with Crippen LogP contribution in [0.2, 0.25) is 0 Å². The molecule has 0 atom stereocenters. The molecule has 26 heavy (non-hydrogen) atoms. The third-order valence-electron chi connectivity index (χ3n) is 3.35. The van der Waals surface area contributed by atoms with Crippen molar-refractivity contribution < 1.29 is 9.59 Å². The van der Waals surface area contributed by atoms with E-state index in [1.807, 2.05) is 48.5 Å². The molecule has 0 aliphatic carbocycles. The van der Waals surface area contributed by atoms with Gasteiger partial charge in [-0.1, -0.05) is 59.9 Å². The maximum Gasteiger partial charge on any atom is 0.321 e. The van der Waals surface area contributed by atoms with Crippen LogP contribution in [0.3, 0.4) is 0 Å². The fraction of sp³-hybridized carbons (Fsp3) is 0.111. The molecule has 7 nitrogen and oxygen atoms in total. The Morgan fingerprint density at radius 3 is 2.31 bits per heavy atom. The molecular formula is C18H17N5O2S. The Kier molecular flexibility index (Phi) is 5.89. The van der Waals surface area contributed by atoms with Crippen LogP contribution in [0.25, 0.3) is 0 Å². The van der Waals surface area contributed by atoms with E-state index in [2.05, 4.69) is 26.1 Å². The Bertz CT molecular complexity index is 868. The number of rotatable bonds is 6. The van der Waals surface area contributed by atoms with Gasteiger partial charge in [0.15, 0.2) is 0 Å². The average Bonchev–Trinajstić information content (AvgIpc) is 3.08. The standard InChI is InChI=1S/C18H17N5O2S/c24-15(20-14-9-5-2-6-10-14)12-19-17(25)21-18-23-22-16(26-18)11-13-7-3-1-4-8-13/h1-10H,11-12H2,(H,20,24)(H2,19,21,23,25). The number of para-hydroxylation sites is 1. The predicted molar refractivity (Wildman–Crippen MR) is 101 cm³/mol. The number of nitrogens with zero attached hydrogens (tertiary/aromatic N) is 2. The highest BCUT2D eigenvalue weighted by atomic mass is 32.1. The number of anilines is 2. The summed E-state index contributed by atoms with van der Waals surface area (Å²) in [5, 5.41) is 16.9. The molecule has 3 N–H and O–H groups in total. The summed E-state index contributed by atoms with van der Waals surface area (Å²) in [6.45, 7) is -0.142. The van der Waals surface area contributed by atoms with Crippen LogP contribution >= 0.6 is 11.3 Å². The van der Waals surface area contributed by atoms with Gasteiger partial charge in [0, 0.05) is 12.1 Å². The Hall–Kier alpha value is -3.26. The van der Waals surface area contributed by atoms with Crippen LogP contribution in [0.15, 0.2) is 60.7 Å². The number of carbonyl (C=O) groups is 2. The fourth-order valence-electron chi connectivity index (χ4n) is 2.17. The summed E-state index contributed by atoms with van der Waals surface area (Å²) >= 11 is 1.30. The van der Waals surface area contributed by atoms with Gasteiger partial charge in [0.05, 0.1) is 6.54 Å². The van der Waals surface area contributed by atoms with Crippen molar-refractivity contribution in [1.82, 2.24) is 15.5 Å². The van der Waals surface area contributed by atoms with Crippen LogP contribution < -0.4 is 16.0 Å². The van der Waals surface area contributed by atoms with E-state index in [9.17, 15) is 9.59 Å². The monoisotopic (exact) mass is 367 g/mol. The van der Waals surface area contributed by atoms with E-state index >= 15 is 0 Å². The van der Waals surface area contributed by atoms with Crippen LogP contribution in [0, 0.1) is 0 Å². The van der Waals surface area contributed by atoms with Gasteiger partial charge in [-0.3, -0.25) is 10.1 Å². The van der Waals surface area contributed by atoms with Crippen molar-refractivity contribution in [2.24, 2.45) is 0 Å². The van der Waals surface area contributed by atoms with Crippen molar-refractivity contribution >= 4 is 34.1 Å². The van der Waals surface area contributed by atoms with Gasteiger partial charge >= 0.3 is 6.03 Å². The molecule has 0 saturated carbocycles. The first-order chi connectivity index (χ1) is 12.7. The topological polar surface area (TPSA) is 96.0 Å². The molecule has 0 aliphatic rings. The van der Waals surface area contributed by atoms with Gasteiger partial charge in [0.25, 0.3) is 0 Å². The lowest BCUT2D eigenvalue weighted by Gasteiger charge is -2.06. The van der Waals surface area contributed by atoms with E-state index in [4.69, 9.17) is 0 Å². The van der Waals surface area contributed by atoms with Crippen molar-refractivity contribution in [3.05, 3.63) is 71.2 Å². The van der Waals surface area contributed by atoms with E-state index < -0.39 is 6.03 Å². The van der Waals surface area contributed by atoms with Crippen LogP contribution in [-0.4, -0.2) is 28.7 Å². The van der Waals surface area contributed by atoms with Crippen LogP contribution in [0.4, 0.5) is 15.6 Å². The van der Waals surface area contributed by atoms with Crippen molar-refractivity contribution in [2.45, 2.75) is 6.42 Å². The smallest absolute Gasteiger partial charge is 0.321 e. The molecule has 3 amide bonds. The second kappa shape index (κ2) is 8.72. The second-order valence-electron chi connectivity index (χ2n) is 5.39. The number of hydrogen-bond donors (Lipinski definition) is 3. The van der Waals surface area contributed by atoms with Gasteiger partial charge in [-0.25, -0.2) is 4.79 Å². The minimum Gasteiger partial charge on any atom is -0.329 e.